The first-order valence-electron chi connectivity index (χ1n) is 5.91. The van der Waals surface area contributed by atoms with Crippen LogP contribution in [0.4, 0.5) is 8.78 Å². The predicted octanol–water partition coefficient (Wildman–Crippen LogP) is 3.16. The highest BCUT2D eigenvalue weighted by Crippen LogP contribution is 2.22. The van der Waals surface area contributed by atoms with Crippen LogP contribution in [0.25, 0.3) is 0 Å². The first-order chi connectivity index (χ1) is 9.11. The van der Waals surface area contributed by atoms with E-state index in [1.54, 1.807) is 6.92 Å². The Hall–Kier alpha value is -1.88. The molecule has 0 spiro atoms. The van der Waals surface area contributed by atoms with E-state index in [0.29, 0.717) is 12.3 Å². The lowest BCUT2D eigenvalue weighted by Crippen LogP contribution is -2.03. The number of halogens is 2. The number of ether oxygens (including phenoxy) is 1. The number of benzene rings is 1. The molecular formula is C14H15F2NO2. The van der Waals surface area contributed by atoms with Gasteiger partial charge in [0.25, 0.3) is 0 Å². The summed E-state index contributed by atoms with van der Waals surface area (Å²) in [5.41, 5.74) is 0.814. The monoisotopic (exact) mass is 267 g/mol. The number of furan rings is 1. The summed E-state index contributed by atoms with van der Waals surface area (Å²) in [5.74, 6) is -0.507. The highest BCUT2D eigenvalue weighted by molar-refractivity contribution is 5.26. The number of hydrogen-bond acceptors (Lipinski definition) is 3. The van der Waals surface area contributed by atoms with Crippen LogP contribution in [0, 0.1) is 18.6 Å². The van der Waals surface area contributed by atoms with Gasteiger partial charge in [-0.15, -0.1) is 0 Å². The molecule has 0 unspecified atom stereocenters. The maximum absolute atomic E-state index is 13.4. The highest BCUT2D eigenvalue weighted by Gasteiger charge is 2.11. The molecule has 3 nitrogen and oxygen atoms in total. The van der Waals surface area contributed by atoms with Crippen molar-refractivity contribution in [1.82, 2.24) is 5.32 Å². The number of rotatable bonds is 5. The maximum Gasteiger partial charge on any atom is 0.200 e. The Kier molecular flexibility index (Phi) is 4.16. The fraction of sp³-hybridized carbons (Fsp3) is 0.286. The van der Waals surface area contributed by atoms with Gasteiger partial charge in [0.1, 0.15) is 18.1 Å². The third-order valence-corrected chi connectivity index (χ3v) is 2.72. The van der Waals surface area contributed by atoms with E-state index in [9.17, 15) is 8.78 Å². The van der Waals surface area contributed by atoms with Gasteiger partial charge in [-0.1, -0.05) is 6.07 Å². The molecule has 1 heterocycles. The molecule has 0 atom stereocenters. The van der Waals surface area contributed by atoms with Crippen molar-refractivity contribution in [2.75, 3.05) is 7.05 Å². The normalized spacial score (nSPS) is 10.7. The van der Waals surface area contributed by atoms with E-state index < -0.39 is 11.6 Å². The van der Waals surface area contributed by atoms with Crippen LogP contribution in [0.15, 0.2) is 28.7 Å². The lowest BCUT2D eigenvalue weighted by Gasteiger charge is -2.06. The molecule has 0 fully saturated rings. The molecule has 2 aromatic rings. The van der Waals surface area contributed by atoms with E-state index in [0.717, 1.165) is 17.4 Å². The standard InChI is InChI=1S/C14H15F2NO2/c1-9-10(6-11(19-9)7-17-2)8-18-13-5-3-4-12(15)14(13)16/h3-6,17H,7-8H2,1-2H3. The Labute approximate surface area is 110 Å². The molecule has 0 amide bonds. The Morgan fingerprint density at radius 1 is 1.32 bits per heavy atom. The first-order valence-corrected chi connectivity index (χ1v) is 5.91. The molecule has 0 saturated heterocycles. The van der Waals surface area contributed by atoms with E-state index in [1.165, 1.54) is 12.1 Å². The van der Waals surface area contributed by atoms with Crippen LogP contribution in [0.3, 0.4) is 0 Å². The molecule has 0 aliphatic carbocycles. The summed E-state index contributed by atoms with van der Waals surface area (Å²) in [6.07, 6.45) is 0. The van der Waals surface area contributed by atoms with Crippen molar-refractivity contribution in [3.8, 4) is 5.75 Å². The van der Waals surface area contributed by atoms with Gasteiger partial charge in [-0.3, -0.25) is 0 Å². The number of nitrogens with one attached hydrogen (secondary N) is 1. The van der Waals surface area contributed by atoms with Gasteiger partial charge in [-0.2, -0.15) is 4.39 Å². The van der Waals surface area contributed by atoms with Crippen LogP contribution in [0.2, 0.25) is 0 Å². The molecule has 0 saturated carbocycles. The minimum absolute atomic E-state index is 0.101. The van der Waals surface area contributed by atoms with E-state index >= 15 is 0 Å². The fourth-order valence-corrected chi connectivity index (χ4v) is 1.74. The van der Waals surface area contributed by atoms with Crippen LogP contribution in [-0.4, -0.2) is 7.05 Å². The second kappa shape index (κ2) is 5.84. The van der Waals surface area contributed by atoms with Crippen molar-refractivity contribution in [2.45, 2.75) is 20.1 Å². The molecule has 2 rings (SSSR count). The largest absolute Gasteiger partial charge is 0.486 e. The fourth-order valence-electron chi connectivity index (χ4n) is 1.74. The van der Waals surface area contributed by atoms with Crippen molar-refractivity contribution in [2.24, 2.45) is 0 Å². The summed E-state index contributed by atoms with van der Waals surface area (Å²) in [7, 11) is 1.82. The molecule has 1 N–H and O–H groups in total. The minimum Gasteiger partial charge on any atom is -0.486 e. The first kappa shape index (κ1) is 13.5. The van der Waals surface area contributed by atoms with Gasteiger partial charge < -0.3 is 14.5 Å². The summed E-state index contributed by atoms with van der Waals surface area (Å²) >= 11 is 0. The van der Waals surface area contributed by atoms with Gasteiger partial charge in [-0.25, -0.2) is 4.39 Å². The van der Waals surface area contributed by atoms with Gasteiger partial charge in [-0.05, 0) is 32.2 Å². The molecule has 0 radical (unpaired) electrons. The van der Waals surface area contributed by atoms with Gasteiger partial charge in [0.15, 0.2) is 11.6 Å². The quantitative estimate of drug-likeness (QED) is 0.903. The zero-order valence-electron chi connectivity index (χ0n) is 10.8. The minimum atomic E-state index is -0.973. The molecule has 102 valence electrons. The molecule has 0 bridgehead atoms. The van der Waals surface area contributed by atoms with Gasteiger partial charge in [0.2, 0.25) is 5.82 Å². The molecule has 5 heteroatoms. The highest BCUT2D eigenvalue weighted by atomic mass is 19.2. The van der Waals surface area contributed by atoms with Crippen LogP contribution in [0.5, 0.6) is 5.75 Å². The summed E-state index contributed by atoms with van der Waals surface area (Å²) < 4.78 is 37.2. The van der Waals surface area contributed by atoms with Crippen LogP contribution in [0.1, 0.15) is 17.1 Å². The van der Waals surface area contributed by atoms with Crippen molar-refractivity contribution < 1.29 is 17.9 Å². The molecule has 19 heavy (non-hydrogen) atoms. The average Bonchev–Trinajstić information content (AvgIpc) is 2.72. The lowest BCUT2D eigenvalue weighted by atomic mass is 10.2. The summed E-state index contributed by atoms with van der Waals surface area (Å²) in [6.45, 7) is 2.55. The zero-order valence-corrected chi connectivity index (χ0v) is 10.8. The van der Waals surface area contributed by atoms with Crippen LogP contribution < -0.4 is 10.1 Å². The zero-order chi connectivity index (χ0) is 13.8. The van der Waals surface area contributed by atoms with Gasteiger partial charge >= 0.3 is 0 Å². The van der Waals surface area contributed by atoms with Crippen molar-refractivity contribution in [1.29, 1.82) is 0 Å². The molecule has 1 aromatic heterocycles. The predicted molar refractivity (Wildman–Crippen MR) is 66.9 cm³/mol. The van der Waals surface area contributed by atoms with Crippen molar-refractivity contribution >= 4 is 0 Å². The van der Waals surface area contributed by atoms with Crippen LogP contribution in [-0.2, 0) is 13.2 Å². The third-order valence-electron chi connectivity index (χ3n) is 2.72. The Balaban J connectivity index is 2.08. The van der Waals surface area contributed by atoms with E-state index in [4.69, 9.17) is 9.15 Å². The summed E-state index contributed by atoms with van der Waals surface area (Å²) in [6, 6.07) is 5.68. The van der Waals surface area contributed by atoms with E-state index in [-0.39, 0.29) is 12.4 Å². The third kappa shape index (κ3) is 3.12. The van der Waals surface area contributed by atoms with Crippen molar-refractivity contribution in [3.05, 3.63) is 53.0 Å². The van der Waals surface area contributed by atoms with Crippen LogP contribution >= 0.6 is 0 Å². The molecular weight excluding hydrogens is 252 g/mol. The van der Waals surface area contributed by atoms with E-state index in [2.05, 4.69) is 5.32 Å². The Morgan fingerprint density at radius 2 is 2.11 bits per heavy atom. The Morgan fingerprint density at radius 3 is 2.84 bits per heavy atom. The maximum atomic E-state index is 13.4. The lowest BCUT2D eigenvalue weighted by molar-refractivity contribution is 0.282. The summed E-state index contributed by atoms with van der Waals surface area (Å²) in [4.78, 5) is 0. The second-order valence-corrected chi connectivity index (χ2v) is 4.17. The molecule has 0 aliphatic rings. The number of aryl methyl sites for hydroxylation is 1. The molecule has 0 aliphatic heterocycles. The number of hydrogen-bond donors (Lipinski definition) is 1. The SMILES string of the molecule is CNCc1cc(COc2cccc(F)c2F)c(C)o1. The summed E-state index contributed by atoms with van der Waals surface area (Å²) in [5, 5.41) is 2.97. The van der Waals surface area contributed by atoms with Gasteiger partial charge in [0.05, 0.1) is 6.54 Å². The van der Waals surface area contributed by atoms with E-state index in [1.807, 2.05) is 13.1 Å². The second-order valence-electron chi connectivity index (χ2n) is 4.17. The van der Waals surface area contributed by atoms with Gasteiger partial charge in [0, 0.05) is 5.56 Å². The average molecular weight is 267 g/mol. The van der Waals surface area contributed by atoms with Crippen molar-refractivity contribution in [3.63, 3.8) is 0 Å². The smallest absolute Gasteiger partial charge is 0.200 e. The molecule has 1 aromatic carbocycles. The topological polar surface area (TPSA) is 34.4 Å². The Bertz CT molecular complexity index is 567.